The van der Waals surface area contributed by atoms with E-state index in [1.165, 1.54) is 0 Å². The number of halogens is 1. The van der Waals surface area contributed by atoms with Crippen molar-refractivity contribution >= 4 is 29.4 Å². The van der Waals surface area contributed by atoms with Gasteiger partial charge < -0.3 is 14.0 Å². The van der Waals surface area contributed by atoms with Crippen LogP contribution in [0.1, 0.15) is 33.7 Å². The molecule has 0 fully saturated rings. The highest BCUT2D eigenvalue weighted by Crippen LogP contribution is 2.39. The van der Waals surface area contributed by atoms with E-state index in [1.54, 1.807) is 55.7 Å². The molecular formula is C21H15ClN2O5. The van der Waals surface area contributed by atoms with Crippen LogP contribution in [0.2, 0.25) is 5.15 Å². The molecule has 0 saturated carbocycles. The van der Waals surface area contributed by atoms with Crippen LogP contribution in [0.25, 0.3) is 6.08 Å². The van der Waals surface area contributed by atoms with Gasteiger partial charge in [0.05, 0.1) is 12.0 Å². The number of hydrogen-bond donors (Lipinski definition) is 0. The third-order valence-electron chi connectivity index (χ3n) is 4.37. The summed E-state index contributed by atoms with van der Waals surface area (Å²) in [6.45, 7) is 1.74. The summed E-state index contributed by atoms with van der Waals surface area (Å²) < 4.78 is 16.2. The van der Waals surface area contributed by atoms with E-state index < -0.39 is 5.97 Å². The number of ketones is 1. The van der Waals surface area contributed by atoms with Gasteiger partial charge in [0.15, 0.2) is 10.9 Å². The number of aryl methyl sites for hydroxylation is 1. The van der Waals surface area contributed by atoms with Crippen LogP contribution in [-0.2, 0) is 11.2 Å². The van der Waals surface area contributed by atoms with Crippen LogP contribution in [0.5, 0.6) is 11.5 Å². The first kappa shape index (κ1) is 18.9. The molecular weight excluding hydrogens is 396 g/mol. The minimum atomic E-state index is -0.447. The molecule has 0 unspecified atom stereocenters. The van der Waals surface area contributed by atoms with Gasteiger partial charge in [-0.3, -0.25) is 14.6 Å². The summed E-state index contributed by atoms with van der Waals surface area (Å²) in [6, 6.07) is 8.28. The Morgan fingerprint density at radius 3 is 2.76 bits per heavy atom. The van der Waals surface area contributed by atoms with Gasteiger partial charge in [-0.1, -0.05) is 16.8 Å². The third-order valence-corrected chi connectivity index (χ3v) is 4.55. The van der Waals surface area contributed by atoms with E-state index in [1.807, 2.05) is 0 Å². The molecule has 0 radical (unpaired) electrons. The van der Waals surface area contributed by atoms with Crippen LogP contribution in [-0.4, -0.2) is 21.9 Å². The molecule has 1 aliphatic rings. The Hall–Kier alpha value is -3.45. The van der Waals surface area contributed by atoms with Gasteiger partial charge in [0.2, 0.25) is 5.78 Å². The molecule has 29 heavy (non-hydrogen) atoms. The fraction of sp³-hybridized carbons (Fsp3) is 0.143. The van der Waals surface area contributed by atoms with Crippen molar-refractivity contribution in [2.24, 2.45) is 0 Å². The standard InChI is InChI=1S/C21H15ClN2O5/c1-12-16(27-19(25)5-2-14-11-18(22)24-29-14)4-3-15-20(26)17(28-21(12)15)10-13-6-8-23-9-7-13/h3-4,6-11H,2,5H2,1H3/b17-10-. The number of hydrogen-bond acceptors (Lipinski definition) is 7. The third kappa shape index (κ3) is 4.05. The molecule has 0 spiro atoms. The highest BCUT2D eigenvalue weighted by atomic mass is 35.5. The molecule has 3 heterocycles. The van der Waals surface area contributed by atoms with E-state index in [2.05, 4.69) is 10.1 Å². The molecule has 1 aromatic carbocycles. The van der Waals surface area contributed by atoms with Gasteiger partial charge in [-0.25, -0.2) is 0 Å². The molecule has 0 amide bonds. The van der Waals surface area contributed by atoms with Gasteiger partial charge >= 0.3 is 5.97 Å². The van der Waals surface area contributed by atoms with E-state index in [9.17, 15) is 9.59 Å². The molecule has 1 aliphatic heterocycles. The number of nitrogens with zero attached hydrogens (tertiary/aromatic N) is 2. The van der Waals surface area contributed by atoms with Crippen LogP contribution >= 0.6 is 11.6 Å². The average molecular weight is 411 g/mol. The number of aromatic nitrogens is 2. The van der Waals surface area contributed by atoms with E-state index in [-0.39, 0.29) is 23.1 Å². The van der Waals surface area contributed by atoms with Gasteiger partial charge in [-0.05, 0) is 42.8 Å². The largest absolute Gasteiger partial charge is 0.452 e. The number of rotatable bonds is 5. The summed E-state index contributed by atoms with van der Waals surface area (Å²) in [7, 11) is 0. The van der Waals surface area contributed by atoms with E-state index in [0.717, 1.165) is 5.56 Å². The summed E-state index contributed by atoms with van der Waals surface area (Å²) in [5, 5.41) is 3.79. The Balaban J connectivity index is 1.48. The quantitative estimate of drug-likeness (QED) is 0.354. The van der Waals surface area contributed by atoms with Crippen LogP contribution in [0, 0.1) is 6.92 Å². The molecule has 8 heteroatoms. The zero-order chi connectivity index (χ0) is 20.4. The van der Waals surface area contributed by atoms with Gasteiger partial charge in [0.1, 0.15) is 17.3 Å². The second-order valence-corrected chi connectivity index (χ2v) is 6.76. The topological polar surface area (TPSA) is 91.5 Å². The Morgan fingerprint density at radius 1 is 1.24 bits per heavy atom. The lowest BCUT2D eigenvalue weighted by Gasteiger charge is -2.09. The number of allylic oxidation sites excluding steroid dienone is 1. The number of benzene rings is 1. The Bertz CT molecular complexity index is 1120. The van der Waals surface area contributed by atoms with Crippen molar-refractivity contribution < 1.29 is 23.6 Å². The SMILES string of the molecule is Cc1c(OC(=O)CCc2cc(Cl)no2)ccc2c1O/C(=C\c1ccncc1)C2=O. The predicted molar refractivity (Wildman–Crippen MR) is 104 cm³/mol. The number of pyridine rings is 1. The highest BCUT2D eigenvalue weighted by Gasteiger charge is 2.30. The fourth-order valence-corrected chi connectivity index (χ4v) is 3.05. The Labute approximate surface area is 170 Å². The Morgan fingerprint density at radius 2 is 2.03 bits per heavy atom. The normalized spacial score (nSPS) is 14.0. The maximum absolute atomic E-state index is 12.6. The zero-order valence-electron chi connectivity index (χ0n) is 15.3. The smallest absolute Gasteiger partial charge is 0.311 e. The maximum atomic E-state index is 12.6. The zero-order valence-corrected chi connectivity index (χ0v) is 16.1. The molecule has 2 aromatic heterocycles. The van der Waals surface area contributed by atoms with Crippen molar-refractivity contribution in [2.75, 3.05) is 0 Å². The van der Waals surface area contributed by atoms with Crippen LogP contribution in [0.4, 0.5) is 0 Å². The van der Waals surface area contributed by atoms with Crippen molar-refractivity contribution in [1.82, 2.24) is 10.1 Å². The number of carbonyl (C=O) groups is 2. The number of Topliss-reactive ketones (excluding diaryl/α,β-unsaturated/α-hetero) is 1. The number of esters is 1. The predicted octanol–water partition coefficient (Wildman–Crippen LogP) is 4.19. The van der Waals surface area contributed by atoms with Crippen LogP contribution in [0.3, 0.4) is 0 Å². The van der Waals surface area contributed by atoms with Gasteiger partial charge in [0, 0.05) is 30.4 Å². The van der Waals surface area contributed by atoms with E-state index in [0.29, 0.717) is 34.8 Å². The van der Waals surface area contributed by atoms with Gasteiger partial charge in [-0.15, -0.1) is 0 Å². The maximum Gasteiger partial charge on any atom is 0.311 e. The molecule has 3 aromatic rings. The molecule has 0 saturated heterocycles. The number of fused-ring (bicyclic) bond motifs is 1. The molecule has 7 nitrogen and oxygen atoms in total. The first-order valence-corrected chi connectivity index (χ1v) is 9.18. The Kier molecular flexibility index (Phi) is 5.14. The van der Waals surface area contributed by atoms with Crippen molar-refractivity contribution in [3.8, 4) is 11.5 Å². The van der Waals surface area contributed by atoms with Crippen molar-refractivity contribution in [2.45, 2.75) is 19.8 Å². The molecule has 0 N–H and O–H groups in total. The molecule has 4 rings (SSSR count). The number of ether oxygens (including phenoxy) is 2. The lowest BCUT2D eigenvalue weighted by Crippen LogP contribution is -2.10. The van der Waals surface area contributed by atoms with Gasteiger partial charge in [0.25, 0.3) is 0 Å². The minimum absolute atomic E-state index is 0.0923. The van der Waals surface area contributed by atoms with Crippen molar-refractivity contribution in [1.29, 1.82) is 0 Å². The number of carbonyl (C=O) groups excluding carboxylic acids is 2. The minimum Gasteiger partial charge on any atom is -0.452 e. The van der Waals surface area contributed by atoms with Crippen LogP contribution in [0.15, 0.2) is 53.0 Å². The average Bonchev–Trinajstić information content (AvgIpc) is 3.27. The second-order valence-electron chi connectivity index (χ2n) is 6.38. The second kappa shape index (κ2) is 7.89. The highest BCUT2D eigenvalue weighted by molar-refractivity contribution is 6.29. The summed E-state index contributed by atoms with van der Waals surface area (Å²) >= 11 is 5.68. The lowest BCUT2D eigenvalue weighted by molar-refractivity contribution is -0.134. The molecule has 0 atom stereocenters. The summed E-state index contributed by atoms with van der Waals surface area (Å²) in [5.41, 5.74) is 1.80. The van der Waals surface area contributed by atoms with Gasteiger partial charge in [-0.2, -0.15) is 0 Å². The first-order valence-electron chi connectivity index (χ1n) is 8.81. The van der Waals surface area contributed by atoms with Crippen molar-refractivity contribution in [3.63, 3.8) is 0 Å². The fourth-order valence-electron chi connectivity index (χ4n) is 2.89. The molecule has 0 aliphatic carbocycles. The van der Waals surface area contributed by atoms with Crippen LogP contribution < -0.4 is 9.47 Å². The van der Waals surface area contributed by atoms with Crippen molar-refractivity contribution in [3.05, 3.63) is 76.1 Å². The summed E-state index contributed by atoms with van der Waals surface area (Å²) in [4.78, 5) is 28.7. The monoisotopic (exact) mass is 410 g/mol. The summed E-state index contributed by atoms with van der Waals surface area (Å²) in [6.07, 6.45) is 5.33. The van der Waals surface area contributed by atoms with E-state index >= 15 is 0 Å². The molecule has 146 valence electrons. The lowest BCUT2D eigenvalue weighted by atomic mass is 10.1. The summed E-state index contributed by atoms with van der Waals surface area (Å²) in [5.74, 6) is 0.764. The first-order chi connectivity index (χ1) is 14.0. The molecule has 0 bridgehead atoms. The van der Waals surface area contributed by atoms with E-state index in [4.69, 9.17) is 25.6 Å².